The van der Waals surface area contributed by atoms with E-state index in [1.807, 2.05) is 30.3 Å². The minimum atomic E-state index is -0.505. The first-order valence-corrected chi connectivity index (χ1v) is 7.41. The third-order valence-corrected chi connectivity index (χ3v) is 4.16. The van der Waals surface area contributed by atoms with Gasteiger partial charge in [-0.1, -0.05) is 41.9 Å². The second kappa shape index (κ2) is 5.81. The maximum absolute atomic E-state index is 12.4. The predicted molar refractivity (Wildman–Crippen MR) is 84.4 cm³/mol. The molecule has 2 aromatic rings. The third kappa shape index (κ3) is 2.83. The molecular formula is C17H15ClN2O2. The monoisotopic (exact) mass is 314 g/mol. The number of benzene rings is 2. The molecule has 3 rings (SSSR count). The van der Waals surface area contributed by atoms with Crippen LogP contribution in [0.2, 0.25) is 5.02 Å². The minimum absolute atomic E-state index is 0.180. The highest BCUT2D eigenvalue weighted by Crippen LogP contribution is 2.48. The fourth-order valence-electron chi connectivity index (χ4n) is 2.44. The average Bonchev–Trinajstić information content (AvgIpc) is 3.36. The second-order valence-corrected chi connectivity index (χ2v) is 5.80. The molecule has 0 atom stereocenters. The molecule has 112 valence electrons. The topological polar surface area (TPSA) is 58.2 Å². The molecule has 2 aromatic carbocycles. The van der Waals surface area contributed by atoms with Gasteiger partial charge in [0.15, 0.2) is 0 Å². The molecule has 22 heavy (non-hydrogen) atoms. The van der Waals surface area contributed by atoms with Crippen LogP contribution in [0.1, 0.15) is 28.8 Å². The Morgan fingerprint density at radius 3 is 2.14 bits per heavy atom. The van der Waals surface area contributed by atoms with Gasteiger partial charge < -0.3 is 0 Å². The van der Waals surface area contributed by atoms with Crippen LogP contribution in [0.25, 0.3) is 0 Å². The summed E-state index contributed by atoms with van der Waals surface area (Å²) in [5.74, 6) is -0.546. The Labute approximate surface area is 133 Å². The Bertz CT molecular complexity index is 694. The summed E-state index contributed by atoms with van der Waals surface area (Å²) in [4.78, 5) is 24.3. The zero-order valence-corrected chi connectivity index (χ0v) is 12.6. The standard InChI is InChI=1S/C17H15ClN2O2/c18-14-8-6-12(7-9-14)15(21)19-20-16(22)17(10-11-17)13-4-2-1-3-5-13/h1-9H,10-11H2,(H,19,21)(H,20,22). The van der Waals surface area contributed by atoms with Crippen LogP contribution < -0.4 is 10.9 Å². The van der Waals surface area contributed by atoms with Crippen molar-refractivity contribution >= 4 is 23.4 Å². The van der Waals surface area contributed by atoms with Gasteiger partial charge in [0.2, 0.25) is 5.91 Å². The van der Waals surface area contributed by atoms with E-state index in [1.165, 1.54) is 0 Å². The smallest absolute Gasteiger partial charge is 0.269 e. The van der Waals surface area contributed by atoms with Crippen molar-refractivity contribution in [1.29, 1.82) is 0 Å². The van der Waals surface area contributed by atoms with Gasteiger partial charge in [0.25, 0.3) is 5.91 Å². The van der Waals surface area contributed by atoms with Crippen LogP contribution in [0, 0.1) is 0 Å². The summed E-state index contributed by atoms with van der Waals surface area (Å²) < 4.78 is 0. The Balaban J connectivity index is 1.63. The highest BCUT2D eigenvalue weighted by atomic mass is 35.5. The summed E-state index contributed by atoms with van der Waals surface area (Å²) in [6, 6.07) is 16.1. The Morgan fingerprint density at radius 1 is 0.909 bits per heavy atom. The lowest BCUT2D eigenvalue weighted by Gasteiger charge is -2.16. The van der Waals surface area contributed by atoms with Gasteiger partial charge in [-0.25, -0.2) is 0 Å². The molecule has 0 aromatic heterocycles. The van der Waals surface area contributed by atoms with Crippen LogP contribution >= 0.6 is 11.6 Å². The zero-order chi connectivity index (χ0) is 15.6. The fourth-order valence-corrected chi connectivity index (χ4v) is 2.56. The van der Waals surface area contributed by atoms with E-state index in [9.17, 15) is 9.59 Å². The summed E-state index contributed by atoms with van der Waals surface area (Å²) in [7, 11) is 0. The van der Waals surface area contributed by atoms with Gasteiger partial charge in [-0.2, -0.15) is 0 Å². The summed E-state index contributed by atoms with van der Waals surface area (Å²) in [5.41, 5.74) is 5.89. The van der Waals surface area contributed by atoms with Gasteiger partial charge in [0, 0.05) is 10.6 Å². The Morgan fingerprint density at radius 2 is 1.55 bits per heavy atom. The largest absolute Gasteiger partial charge is 0.272 e. The quantitative estimate of drug-likeness (QED) is 0.856. The number of nitrogens with one attached hydrogen (secondary N) is 2. The van der Waals surface area contributed by atoms with Crippen LogP contribution in [0.15, 0.2) is 54.6 Å². The van der Waals surface area contributed by atoms with Crippen LogP contribution in [-0.4, -0.2) is 11.8 Å². The number of hydrogen-bond acceptors (Lipinski definition) is 2. The molecule has 2 N–H and O–H groups in total. The van der Waals surface area contributed by atoms with Crippen molar-refractivity contribution in [2.45, 2.75) is 18.3 Å². The van der Waals surface area contributed by atoms with E-state index in [-0.39, 0.29) is 11.8 Å². The van der Waals surface area contributed by atoms with Crippen molar-refractivity contribution in [1.82, 2.24) is 10.9 Å². The molecule has 4 nitrogen and oxygen atoms in total. The van der Waals surface area contributed by atoms with Gasteiger partial charge in [-0.15, -0.1) is 0 Å². The molecule has 2 amide bonds. The van der Waals surface area contributed by atoms with Crippen molar-refractivity contribution in [2.24, 2.45) is 0 Å². The first-order chi connectivity index (χ1) is 10.6. The lowest BCUT2D eigenvalue weighted by Crippen LogP contribution is -2.46. The highest BCUT2D eigenvalue weighted by Gasteiger charge is 2.51. The lowest BCUT2D eigenvalue weighted by atomic mass is 9.95. The maximum Gasteiger partial charge on any atom is 0.269 e. The van der Waals surface area contributed by atoms with Crippen LogP contribution in [0.3, 0.4) is 0 Å². The number of rotatable bonds is 3. The van der Waals surface area contributed by atoms with E-state index in [1.54, 1.807) is 24.3 Å². The molecule has 1 aliphatic rings. The molecule has 1 fully saturated rings. The first-order valence-electron chi connectivity index (χ1n) is 7.04. The second-order valence-electron chi connectivity index (χ2n) is 5.36. The van der Waals surface area contributed by atoms with Gasteiger partial charge >= 0.3 is 0 Å². The number of carbonyl (C=O) groups is 2. The average molecular weight is 315 g/mol. The SMILES string of the molecule is O=C(NNC(=O)C1(c2ccccc2)CC1)c1ccc(Cl)cc1. The third-order valence-electron chi connectivity index (χ3n) is 3.91. The molecule has 0 heterocycles. The van der Waals surface area contributed by atoms with Crippen LogP contribution in [0.4, 0.5) is 0 Å². The van der Waals surface area contributed by atoms with Crippen LogP contribution in [-0.2, 0) is 10.2 Å². The molecule has 0 spiro atoms. The predicted octanol–water partition coefficient (Wildman–Crippen LogP) is 2.83. The van der Waals surface area contributed by atoms with Gasteiger partial charge in [0.1, 0.15) is 0 Å². The number of hydrogen-bond donors (Lipinski definition) is 2. The van der Waals surface area contributed by atoms with Crippen molar-refractivity contribution in [3.63, 3.8) is 0 Å². The van der Waals surface area contributed by atoms with Gasteiger partial charge in [0.05, 0.1) is 5.41 Å². The van der Waals surface area contributed by atoms with E-state index in [2.05, 4.69) is 10.9 Å². The summed E-state index contributed by atoms with van der Waals surface area (Å²) in [6.45, 7) is 0. The normalized spacial score (nSPS) is 15.0. The summed E-state index contributed by atoms with van der Waals surface area (Å²) >= 11 is 5.78. The van der Waals surface area contributed by atoms with Gasteiger partial charge in [-0.05, 0) is 42.7 Å². The van der Waals surface area contributed by atoms with Crippen molar-refractivity contribution < 1.29 is 9.59 Å². The Kier molecular flexibility index (Phi) is 3.86. The number of hydrazine groups is 1. The maximum atomic E-state index is 12.4. The fraction of sp³-hybridized carbons (Fsp3) is 0.176. The molecule has 0 unspecified atom stereocenters. The summed E-state index contributed by atoms with van der Waals surface area (Å²) in [6.07, 6.45) is 1.58. The molecule has 0 aliphatic heterocycles. The number of carbonyl (C=O) groups excluding carboxylic acids is 2. The number of halogens is 1. The van der Waals surface area contributed by atoms with Crippen molar-refractivity contribution in [2.75, 3.05) is 0 Å². The molecular weight excluding hydrogens is 300 g/mol. The molecule has 0 radical (unpaired) electrons. The van der Waals surface area contributed by atoms with E-state index in [4.69, 9.17) is 11.6 Å². The van der Waals surface area contributed by atoms with Crippen molar-refractivity contribution in [3.8, 4) is 0 Å². The first kappa shape index (κ1) is 14.6. The van der Waals surface area contributed by atoms with Crippen LogP contribution in [0.5, 0.6) is 0 Å². The van der Waals surface area contributed by atoms with E-state index in [0.29, 0.717) is 10.6 Å². The minimum Gasteiger partial charge on any atom is -0.272 e. The molecule has 0 bridgehead atoms. The van der Waals surface area contributed by atoms with E-state index < -0.39 is 5.41 Å². The molecule has 0 saturated heterocycles. The van der Waals surface area contributed by atoms with Crippen molar-refractivity contribution in [3.05, 3.63) is 70.7 Å². The van der Waals surface area contributed by atoms with E-state index >= 15 is 0 Å². The molecule has 5 heteroatoms. The highest BCUT2D eigenvalue weighted by molar-refractivity contribution is 6.30. The lowest BCUT2D eigenvalue weighted by molar-refractivity contribution is -0.124. The zero-order valence-electron chi connectivity index (χ0n) is 11.8. The van der Waals surface area contributed by atoms with Gasteiger partial charge in [-0.3, -0.25) is 20.4 Å². The summed E-state index contributed by atoms with van der Waals surface area (Å²) in [5, 5.41) is 0.557. The Hall–Kier alpha value is -2.33. The van der Waals surface area contributed by atoms with E-state index in [0.717, 1.165) is 18.4 Å². The molecule has 1 aliphatic carbocycles. The molecule has 1 saturated carbocycles. The number of amides is 2.